The van der Waals surface area contributed by atoms with Gasteiger partial charge in [0.25, 0.3) is 11.8 Å². The summed E-state index contributed by atoms with van der Waals surface area (Å²) < 4.78 is 0. The Bertz CT molecular complexity index is 2630. The minimum Gasteiger partial charge on any atom is -0.477 e. The van der Waals surface area contributed by atoms with Crippen LogP contribution < -0.4 is 10.6 Å². The van der Waals surface area contributed by atoms with Crippen LogP contribution in [0.4, 0.5) is 5.13 Å². The molecule has 3 heterocycles. The van der Waals surface area contributed by atoms with Gasteiger partial charge in [-0.15, -0.1) is 23.1 Å². The number of aliphatic carboxylic acids is 1. The van der Waals surface area contributed by atoms with Crippen molar-refractivity contribution in [2.24, 2.45) is 5.16 Å². The number of thiazole rings is 1. The van der Waals surface area contributed by atoms with Crippen LogP contribution in [0.15, 0.2) is 204 Å². The van der Waals surface area contributed by atoms with E-state index in [1.165, 1.54) is 23.1 Å². The Labute approximate surface area is 377 Å². The standard InChI is InChI=1S/C51H41N5O6S2/c57-31-34-32-63-47-43(46(59)56(47)44(34)48(60)61)53-45(58)42(55-62-51(38-25-13-4-14-26-38,39-27-15-5-16-28-39)40-29-17-6-18-30-40)41-33-64-49(52-41)54-50(35-19-7-1-8-20-35,36-21-9-2-10-22-36)37-23-11-3-12-24-37/h1-30,33,43,47,57H,31-32H2,(H,52,54)(H,53,58)(H,60,61)/b55-42-/t43-,47-/m1/s1. The molecule has 64 heavy (non-hydrogen) atoms. The van der Waals surface area contributed by atoms with Gasteiger partial charge in [-0.05, 0) is 22.3 Å². The normalized spacial score (nSPS) is 16.4. The number of oxime groups is 1. The van der Waals surface area contributed by atoms with Gasteiger partial charge in [0.2, 0.25) is 5.60 Å². The van der Waals surface area contributed by atoms with Crippen LogP contribution in [0.5, 0.6) is 0 Å². The number of thioether (sulfide) groups is 1. The maximum Gasteiger partial charge on any atom is 0.352 e. The molecule has 13 heteroatoms. The number of anilines is 1. The Kier molecular flexibility index (Phi) is 11.9. The quantitative estimate of drug-likeness (QED) is 0.0348. The first-order valence-corrected chi connectivity index (χ1v) is 22.4. The Morgan fingerprint density at radius 1 is 0.703 bits per heavy atom. The minimum absolute atomic E-state index is 0.170. The zero-order chi connectivity index (χ0) is 44.1. The molecule has 318 valence electrons. The smallest absolute Gasteiger partial charge is 0.352 e. The van der Waals surface area contributed by atoms with Crippen molar-refractivity contribution < 1.29 is 29.4 Å². The predicted octanol–water partition coefficient (Wildman–Crippen LogP) is 7.99. The lowest BCUT2D eigenvalue weighted by molar-refractivity contribution is -0.150. The molecule has 4 N–H and O–H groups in total. The Morgan fingerprint density at radius 2 is 1.14 bits per heavy atom. The average Bonchev–Trinajstić information content (AvgIpc) is 3.82. The number of carboxylic acid groups (broad SMARTS) is 1. The molecule has 0 radical (unpaired) electrons. The maximum atomic E-state index is 14.9. The molecule has 0 saturated carbocycles. The minimum atomic E-state index is -1.36. The van der Waals surface area contributed by atoms with Gasteiger partial charge in [-0.1, -0.05) is 187 Å². The van der Waals surface area contributed by atoms with E-state index in [-0.39, 0.29) is 28.4 Å². The van der Waals surface area contributed by atoms with Crippen LogP contribution >= 0.6 is 23.1 Å². The highest BCUT2D eigenvalue weighted by molar-refractivity contribution is 8.00. The van der Waals surface area contributed by atoms with E-state index in [0.717, 1.165) is 38.3 Å². The van der Waals surface area contributed by atoms with Crippen molar-refractivity contribution in [1.29, 1.82) is 0 Å². The van der Waals surface area contributed by atoms with Crippen LogP contribution in [0, 0.1) is 0 Å². The summed E-state index contributed by atoms with van der Waals surface area (Å²) in [4.78, 5) is 53.9. The summed E-state index contributed by atoms with van der Waals surface area (Å²) in [7, 11) is 0. The van der Waals surface area contributed by atoms with Gasteiger partial charge in [0.15, 0.2) is 10.8 Å². The number of carboxylic acids is 1. The van der Waals surface area contributed by atoms with Gasteiger partial charge in [0, 0.05) is 27.8 Å². The second-order valence-corrected chi connectivity index (χ2v) is 17.1. The zero-order valence-electron chi connectivity index (χ0n) is 34.2. The van der Waals surface area contributed by atoms with E-state index in [9.17, 15) is 24.6 Å². The summed E-state index contributed by atoms with van der Waals surface area (Å²) >= 11 is 2.54. The number of rotatable bonds is 15. The highest BCUT2D eigenvalue weighted by Crippen LogP contribution is 2.44. The highest BCUT2D eigenvalue weighted by atomic mass is 32.2. The summed E-state index contributed by atoms with van der Waals surface area (Å²) in [5, 5.41) is 32.7. The highest BCUT2D eigenvalue weighted by Gasteiger charge is 2.54. The van der Waals surface area contributed by atoms with Crippen LogP contribution in [-0.2, 0) is 30.4 Å². The number of hydrogen-bond acceptors (Lipinski definition) is 10. The molecule has 0 unspecified atom stereocenters. The lowest BCUT2D eigenvalue weighted by Gasteiger charge is -2.49. The first kappa shape index (κ1) is 42.0. The number of hydrogen-bond donors (Lipinski definition) is 4. The Morgan fingerprint density at radius 3 is 1.56 bits per heavy atom. The van der Waals surface area contributed by atoms with Crippen LogP contribution in [0.2, 0.25) is 0 Å². The van der Waals surface area contributed by atoms with Crippen molar-refractivity contribution in [2.75, 3.05) is 17.7 Å². The fraction of sp³-hybridized carbons (Fsp3) is 0.118. The first-order chi connectivity index (χ1) is 31.3. The number of aromatic nitrogens is 1. The van der Waals surface area contributed by atoms with E-state index in [0.29, 0.717) is 5.13 Å². The van der Waals surface area contributed by atoms with Crippen molar-refractivity contribution in [1.82, 2.24) is 15.2 Å². The lowest BCUT2D eigenvalue weighted by Crippen LogP contribution is -2.71. The van der Waals surface area contributed by atoms with Crippen molar-refractivity contribution in [3.63, 3.8) is 0 Å². The second-order valence-electron chi connectivity index (χ2n) is 15.1. The number of benzene rings is 6. The average molecular weight is 884 g/mol. The lowest BCUT2D eigenvalue weighted by atomic mass is 9.77. The monoisotopic (exact) mass is 883 g/mol. The molecule has 11 nitrogen and oxygen atoms in total. The van der Waals surface area contributed by atoms with Gasteiger partial charge in [-0.2, -0.15) is 0 Å². The summed E-state index contributed by atoms with van der Waals surface area (Å²) in [5.74, 6) is -2.54. The molecule has 2 amide bonds. The van der Waals surface area contributed by atoms with E-state index in [2.05, 4.69) is 47.0 Å². The van der Waals surface area contributed by atoms with Gasteiger partial charge in [-0.25, -0.2) is 9.78 Å². The molecule has 7 aromatic rings. The van der Waals surface area contributed by atoms with Crippen LogP contribution in [0.1, 0.15) is 39.1 Å². The number of carbonyl (C=O) groups is 3. The van der Waals surface area contributed by atoms with Crippen LogP contribution in [-0.4, -0.2) is 67.4 Å². The van der Waals surface area contributed by atoms with Crippen molar-refractivity contribution in [2.45, 2.75) is 22.6 Å². The van der Waals surface area contributed by atoms with Crippen molar-refractivity contribution in [3.8, 4) is 0 Å². The second kappa shape index (κ2) is 18.2. The summed E-state index contributed by atoms with van der Waals surface area (Å²) in [5.41, 5.74) is 2.71. The Hall–Kier alpha value is -7.32. The number of nitrogens with one attached hydrogen (secondary N) is 2. The van der Waals surface area contributed by atoms with Crippen LogP contribution in [0.3, 0.4) is 0 Å². The van der Waals surface area contributed by atoms with E-state index in [1.54, 1.807) is 5.38 Å². The number of nitrogens with zero attached hydrogens (tertiary/aromatic N) is 3. The number of fused-ring (bicyclic) bond motifs is 1. The number of aliphatic hydroxyl groups excluding tert-OH is 1. The summed E-state index contributed by atoms with van der Waals surface area (Å²) in [6, 6.07) is 57.9. The van der Waals surface area contributed by atoms with Gasteiger partial charge in [-0.3, -0.25) is 14.5 Å². The molecule has 1 aromatic heterocycles. The molecule has 1 fully saturated rings. The molecule has 2 atom stereocenters. The third-order valence-corrected chi connectivity index (χ3v) is 13.5. The van der Waals surface area contributed by atoms with Gasteiger partial charge in [0.05, 0.1) is 6.61 Å². The molecular weight excluding hydrogens is 843 g/mol. The molecule has 1 saturated heterocycles. The van der Waals surface area contributed by atoms with Crippen molar-refractivity contribution in [3.05, 3.63) is 238 Å². The first-order valence-electron chi connectivity index (χ1n) is 20.5. The number of β-lactam (4-membered cyclic amide) rings is 1. The molecule has 2 aliphatic heterocycles. The topological polar surface area (TPSA) is 153 Å². The summed E-state index contributed by atoms with van der Waals surface area (Å²) in [6.45, 7) is -0.511. The third kappa shape index (κ3) is 7.63. The summed E-state index contributed by atoms with van der Waals surface area (Å²) in [6.07, 6.45) is 0. The van der Waals surface area contributed by atoms with Crippen LogP contribution in [0.25, 0.3) is 0 Å². The zero-order valence-corrected chi connectivity index (χ0v) is 35.8. The van der Waals surface area contributed by atoms with Gasteiger partial charge in [0.1, 0.15) is 28.3 Å². The number of carbonyl (C=O) groups excluding carboxylic acids is 2. The number of amides is 2. The molecule has 2 aliphatic rings. The SMILES string of the molecule is O=C(O)C1=C(CO)CS[C@@H]2[C@H](NC(=O)/C(=N\OC(c3ccccc3)(c3ccccc3)c3ccccc3)c3csc(NC(c4ccccc4)(c4ccccc4)c4ccccc4)n3)C(=O)N12. The maximum absolute atomic E-state index is 14.9. The molecule has 0 spiro atoms. The molecule has 0 aliphatic carbocycles. The van der Waals surface area contributed by atoms with E-state index < -0.39 is 46.9 Å². The largest absolute Gasteiger partial charge is 0.477 e. The van der Waals surface area contributed by atoms with Crippen molar-refractivity contribution >= 4 is 51.7 Å². The fourth-order valence-electron chi connectivity index (χ4n) is 8.39. The van der Waals surface area contributed by atoms with E-state index >= 15 is 0 Å². The van der Waals surface area contributed by atoms with E-state index in [1.807, 2.05) is 146 Å². The van der Waals surface area contributed by atoms with E-state index in [4.69, 9.17) is 15.0 Å². The van der Waals surface area contributed by atoms with Gasteiger partial charge >= 0.3 is 5.97 Å². The fourth-order valence-corrected chi connectivity index (χ4v) is 10.5. The molecule has 6 aromatic carbocycles. The van der Waals surface area contributed by atoms with Gasteiger partial charge < -0.3 is 25.7 Å². The molecular formula is C51H41N5O6S2. The third-order valence-electron chi connectivity index (χ3n) is 11.4. The molecule has 0 bridgehead atoms. The Balaban J connectivity index is 1.17. The number of aliphatic hydroxyl groups is 1. The molecule has 9 rings (SSSR count). The predicted molar refractivity (Wildman–Crippen MR) is 249 cm³/mol.